The van der Waals surface area contributed by atoms with E-state index in [9.17, 15) is 9.59 Å². The van der Waals surface area contributed by atoms with Crippen LogP contribution in [0, 0.1) is 5.92 Å². The summed E-state index contributed by atoms with van der Waals surface area (Å²) < 4.78 is 4.93. The van der Waals surface area contributed by atoms with E-state index in [1.807, 2.05) is 0 Å². The third-order valence-electron chi connectivity index (χ3n) is 3.87. The molecule has 0 spiro atoms. The molecule has 0 radical (unpaired) electrons. The SMILES string of the molecule is CCOC(=O)c1ccc(NC(=S)NC(=O)C2CCCCC2)cc1. The fourth-order valence-corrected chi connectivity index (χ4v) is 2.86. The molecule has 6 heteroatoms. The van der Waals surface area contributed by atoms with Gasteiger partial charge in [-0.1, -0.05) is 19.3 Å². The largest absolute Gasteiger partial charge is 0.462 e. The zero-order valence-electron chi connectivity index (χ0n) is 13.3. The van der Waals surface area contributed by atoms with Crippen molar-refractivity contribution in [3.8, 4) is 0 Å². The molecule has 0 unspecified atom stereocenters. The van der Waals surface area contributed by atoms with Crippen molar-refractivity contribution in [1.82, 2.24) is 5.32 Å². The predicted octanol–water partition coefficient (Wildman–Crippen LogP) is 3.26. The van der Waals surface area contributed by atoms with Gasteiger partial charge in [0, 0.05) is 11.6 Å². The molecule has 1 saturated carbocycles. The lowest BCUT2D eigenvalue weighted by Crippen LogP contribution is -2.38. The minimum absolute atomic E-state index is 0.00894. The Morgan fingerprint density at radius 2 is 1.83 bits per heavy atom. The van der Waals surface area contributed by atoms with Crippen molar-refractivity contribution in [2.45, 2.75) is 39.0 Å². The molecule has 1 aromatic carbocycles. The second-order valence-corrected chi connectivity index (χ2v) is 5.98. The Balaban J connectivity index is 1.85. The summed E-state index contributed by atoms with van der Waals surface area (Å²) >= 11 is 5.17. The molecule has 0 aromatic heterocycles. The number of hydrogen-bond donors (Lipinski definition) is 2. The summed E-state index contributed by atoms with van der Waals surface area (Å²) in [6, 6.07) is 6.77. The van der Waals surface area contributed by atoms with Crippen LogP contribution in [0.2, 0.25) is 0 Å². The monoisotopic (exact) mass is 334 g/mol. The van der Waals surface area contributed by atoms with Crippen LogP contribution >= 0.6 is 12.2 Å². The van der Waals surface area contributed by atoms with Gasteiger partial charge in [0.05, 0.1) is 12.2 Å². The van der Waals surface area contributed by atoms with Gasteiger partial charge in [-0.25, -0.2) is 4.79 Å². The maximum atomic E-state index is 12.1. The Hall–Kier alpha value is -1.95. The van der Waals surface area contributed by atoms with Gasteiger partial charge in [-0.3, -0.25) is 4.79 Å². The lowest BCUT2D eigenvalue weighted by atomic mass is 9.89. The Labute approximate surface area is 141 Å². The maximum Gasteiger partial charge on any atom is 0.338 e. The highest BCUT2D eigenvalue weighted by molar-refractivity contribution is 7.80. The summed E-state index contributed by atoms with van der Waals surface area (Å²) in [5.74, 6) is -0.299. The van der Waals surface area contributed by atoms with Gasteiger partial charge in [-0.05, 0) is 56.2 Å². The highest BCUT2D eigenvalue weighted by Gasteiger charge is 2.21. The fraction of sp³-hybridized carbons (Fsp3) is 0.471. The molecule has 0 atom stereocenters. The van der Waals surface area contributed by atoms with Crippen LogP contribution < -0.4 is 10.6 Å². The van der Waals surface area contributed by atoms with Crippen molar-refractivity contribution < 1.29 is 14.3 Å². The molecule has 1 fully saturated rings. The van der Waals surface area contributed by atoms with Crippen LogP contribution in [0.15, 0.2) is 24.3 Å². The Kier molecular flexibility index (Phi) is 6.52. The number of benzene rings is 1. The van der Waals surface area contributed by atoms with E-state index in [4.69, 9.17) is 17.0 Å². The second kappa shape index (κ2) is 8.62. The van der Waals surface area contributed by atoms with Crippen molar-refractivity contribution in [3.05, 3.63) is 29.8 Å². The number of nitrogens with one attached hydrogen (secondary N) is 2. The first kappa shape index (κ1) is 17.4. The summed E-state index contributed by atoms with van der Waals surface area (Å²) in [6.07, 6.45) is 5.28. The molecule has 5 nitrogen and oxygen atoms in total. The van der Waals surface area contributed by atoms with E-state index in [0.717, 1.165) is 25.7 Å². The van der Waals surface area contributed by atoms with E-state index in [-0.39, 0.29) is 22.9 Å². The number of hydrogen-bond acceptors (Lipinski definition) is 4. The normalized spacial score (nSPS) is 14.8. The highest BCUT2D eigenvalue weighted by atomic mass is 32.1. The van der Waals surface area contributed by atoms with Crippen LogP contribution in [-0.2, 0) is 9.53 Å². The van der Waals surface area contributed by atoms with Gasteiger partial charge < -0.3 is 15.4 Å². The number of amides is 1. The molecule has 1 aliphatic rings. The Morgan fingerprint density at radius 3 is 2.43 bits per heavy atom. The number of anilines is 1. The molecule has 1 aliphatic carbocycles. The molecule has 124 valence electrons. The topological polar surface area (TPSA) is 67.4 Å². The molecule has 0 aliphatic heterocycles. The number of rotatable bonds is 4. The van der Waals surface area contributed by atoms with Crippen molar-refractivity contribution in [2.75, 3.05) is 11.9 Å². The quantitative estimate of drug-likeness (QED) is 0.653. The van der Waals surface area contributed by atoms with E-state index in [1.54, 1.807) is 31.2 Å². The van der Waals surface area contributed by atoms with Gasteiger partial charge >= 0.3 is 5.97 Å². The minimum Gasteiger partial charge on any atom is -0.462 e. The molecule has 0 bridgehead atoms. The van der Waals surface area contributed by atoms with Crippen LogP contribution in [0.4, 0.5) is 5.69 Å². The van der Waals surface area contributed by atoms with Gasteiger partial charge in [0.1, 0.15) is 0 Å². The third-order valence-corrected chi connectivity index (χ3v) is 4.07. The van der Waals surface area contributed by atoms with E-state index in [2.05, 4.69) is 10.6 Å². The number of thiocarbonyl (C=S) groups is 1. The molecule has 1 aromatic rings. The third kappa shape index (κ3) is 5.32. The van der Waals surface area contributed by atoms with Crippen molar-refractivity contribution in [3.63, 3.8) is 0 Å². The first-order valence-corrected chi connectivity index (χ1v) is 8.40. The van der Waals surface area contributed by atoms with Crippen molar-refractivity contribution >= 4 is 34.9 Å². The van der Waals surface area contributed by atoms with E-state index in [1.165, 1.54) is 6.42 Å². The smallest absolute Gasteiger partial charge is 0.338 e. The predicted molar refractivity (Wildman–Crippen MR) is 93.3 cm³/mol. The van der Waals surface area contributed by atoms with Crippen LogP contribution in [0.25, 0.3) is 0 Å². The van der Waals surface area contributed by atoms with Crippen LogP contribution in [0.1, 0.15) is 49.4 Å². The molecule has 0 heterocycles. The van der Waals surface area contributed by atoms with Gasteiger partial charge in [0.15, 0.2) is 5.11 Å². The average molecular weight is 334 g/mol. The van der Waals surface area contributed by atoms with E-state index < -0.39 is 0 Å². The van der Waals surface area contributed by atoms with E-state index in [0.29, 0.717) is 17.9 Å². The first-order valence-electron chi connectivity index (χ1n) is 7.99. The second-order valence-electron chi connectivity index (χ2n) is 5.58. The van der Waals surface area contributed by atoms with Crippen LogP contribution in [0.5, 0.6) is 0 Å². The summed E-state index contributed by atoms with van der Waals surface area (Å²) in [5, 5.41) is 5.98. The lowest BCUT2D eigenvalue weighted by Gasteiger charge is -2.21. The minimum atomic E-state index is -0.354. The van der Waals surface area contributed by atoms with Gasteiger partial charge in [0.2, 0.25) is 5.91 Å². The summed E-state index contributed by atoms with van der Waals surface area (Å²) in [7, 11) is 0. The standard InChI is InChI=1S/C17H22N2O3S/c1-2-22-16(21)13-8-10-14(11-9-13)18-17(23)19-15(20)12-6-4-3-5-7-12/h8-12H,2-7H2,1H3,(H2,18,19,20,23). The molecule has 2 N–H and O–H groups in total. The van der Waals surface area contributed by atoms with Gasteiger partial charge in [-0.15, -0.1) is 0 Å². The zero-order chi connectivity index (χ0) is 16.7. The molecular formula is C17H22N2O3S. The molecule has 23 heavy (non-hydrogen) atoms. The Morgan fingerprint density at radius 1 is 1.17 bits per heavy atom. The fourth-order valence-electron chi connectivity index (χ4n) is 2.65. The number of ether oxygens (including phenoxy) is 1. The molecule has 1 amide bonds. The molecule has 0 saturated heterocycles. The summed E-state index contributed by atoms with van der Waals surface area (Å²) in [6.45, 7) is 2.11. The lowest BCUT2D eigenvalue weighted by molar-refractivity contribution is -0.124. The Bertz CT molecular complexity index is 566. The number of carbonyl (C=O) groups is 2. The number of carbonyl (C=O) groups excluding carboxylic acids is 2. The first-order chi connectivity index (χ1) is 11.1. The maximum absolute atomic E-state index is 12.1. The summed E-state index contributed by atoms with van der Waals surface area (Å²) in [5.41, 5.74) is 1.20. The van der Waals surface area contributed by atoms with Crippen molar-refractivity contribution in [1.29, 1.82) is 0 Å². The zero-order valence-corrected chi connectivity index (χ0v) is 14.1. The van der Waals surface area contributed by atoms with Crippen LogP contribution in [0.3, 0.4) is 0 Å². The number of esters is 1. The van der Waals surface area contributed by atoms with Gasteiger partial charge in [-0.2, -0.15) is 0 Å². The van der Waals surface area contributed by atoms with Crippen LogP contribution in [-0.4, -0.2) is 23.6 Å². The summed E-state index contributed by atoms with van der Waals surface area (Å²) in [4.78, 5) is 23.7. The average Bonchev–Trinajstić information content (AvgIpc) is 2.56. The van der Waals surface area contributed by atoms with Crippen molar-refractivity contribution in [2.24, 2.45) is 5.92 Å². The van der Waals surface area contributed by atoms with E-state index >= 15 is 0 Å². The van der Waals surface area contributed by atoms with Gasteiger partial charge in [0.25, 0.3) is 0 Å². The molecule has 2 rings (SSSR count). The molecular weight excluding hydrogens is 312 g/mol. The highest BCUT2D eigenvalue weighted by Crippen LogP contribution is 2.23.